The number of halogens is 2. The van der Waals surface area contributed by atoms with Crippen LogP contribution in [0.1, 0.15) is 88.5 Å². The van der Waals surface area contributed by atoms with Crippen LogP contribution in [0.25, 0.3) is 5.57 Å². The van der Waals surface area contributed by atoms with Crippen LogP contribution in [0.5, 0.6) is 0 Å². The summed E-state index contributed by atoms with van der Waals surface area (Å²) >= 11 is 5.81. The van der Waals surface area contributed by atoms with Gasteiger partial charge < -0.3 is 0 Å². The minimum absolute atomic E-state index is 0.104. The molecule has 3 nitrogen and oxygen atoms in total. The highest BCUT2D eigenvalue weighted by atomic mass is 35.5. The van der Waals surface area contributed by atoms with Gasteiger partial charge in [-0.05, 0) is 120 Å². The molecule has 2 heterocycles. The maximum absolute atomic E-state index is 13.4. The lowest BCUT2D eigenvalue weighted by Crippen LogP contribution is -2.51. The van der Waals surface area contributed by atoms with Crippen molar-refractivity contribution >= 4 is 23.1 Å². The molecule has 0 saturated carbocycles. The summed E-state index contributed by atoms with van der Waals surface area (Å²) in [6, 6.07) is 14.7. The lowest BCUT2D eigenvalue weighted by atomic mass is 9.90. The van der Waals surface area contributed by atoms with Crippen LogP contribution in [-0.4, -0.2) is 35.6 Å². The molecule has 216 valence electrons. The second-order valence-corrected chi connectivity index (χ2v) is 11.6. The van der Waals surface area contributed by atoms with E-state index in [-0.39, 0.29) is 11.7 Å². The Bertz CT molecular complexity index is 1250. The van der Waals surface area contributed by atoms with Gasteiger partial charge in [0.15, 0.2) is 0 Å². The molecule has 0 bridgehead atoms. The van der Waals surface area contributed by atoms with Crippen LogP contribution >= 0.6 is 11.6 Å². The molecule has 2 aromatic rings. The van der Waals surface area contributed by atoms with Crippen LogP contribution in [0.3, 0.4) is 0 Å². The van der Waals surface area contributed by atoms with Gasteiger partial charge in [0.25, 0.3) is 5.91 Å². The first-order chi connectivity index (χ1) is 19.1. The van der Waals surface area contributed by atoms with Gasteiger partial charge >= 0.3 is 0 Å². The van der Waals surface area contributed by atoms with Crippen molar-refractivity contribution in [1.82, 2.24) is 10.0 Å². The lowest BCUT2D eigenvalue weighted by Gasteiger charge is -2.40. The van der Waals surface area contributed by atoms with Crippen LogP contribution in [0.4, 0.5) is 4.39 Å². The fourth-order valence-corrected chi connectivity index (χ4v) is 5.55. The first kappa shape index (κ1) is 31.8. The van der Waals surface area contributed by atoms with Gasteiger partial charge in [0.05, 0.1) is 5.83 Å². The van der Waals surface area contributed by atoms with Crippen LogP contribution < -0.4 is 0 Å². The van der Waals surface area contributed by atoms with Crippen LogP contribution in [-0.2, 0) is 11.2 Å². The van der Waals surface area contributed by atoms with E-state index in [1.807, 2.05) is 31.0 Å². The number of amides is 1. The Balaban J connectivity index is 0.000000415. The van der Waals surface area contributed by atoms with E-state index in [9.17, 15) is 9.18 Å². The smallest absolute Gasteiger partial charge is 0.268 e. The number of piperidine rings is 1. The van der Waals surface area contributed by atoms with Crippen molar-refractivity contribution in [2.24, 2.45) is 0 Å². The number of hydrogen-bond donors (Lipinski definition) is 0. The molecule has 2 aliphatic rings. The van der Waals surface area contributed by atoms with E-state index < -0.39 is 0 Å². The molecule has 0 aromatic heterocycles. The van der Waals surface area contributed by atoms with Crippen LogP contribution in [0.15, 0.2) is 71.1 Å². The fraction of sp³-hybridized carbons (Fsp3) is 0.457. The van der Waals surface area contributed by atoms with E-state index in [4.69, 9.17) is 11.6 Å². The standard InChI is InChI=1S/C27H37FN2O.C8H9Cl/c1-20-16-19-30(29-17-8-5-9-18-29)27(31)26(20)23(4)22(3)25-14-12-24(13-15-25)11-7-6-10-21(2)28;1-6-3-4-7(2)8(9)5-6/h10,12-15H,5-9,11,16-19H2,1-4H3;3-5H,1-2H3/b21-10+,23-22+;. The summed E-state index contributed by atoms with van der Waals surface area (Å²) in [5, 5.41) is 5.11. The molecule has 2 aromatic carbocycles. The average molecular weight is 565 g/mol. The second kappa shape index (κ2) is 15.3. The molecule has 0 unspecified atom stereocenters. The molecule has 0 radical (unpaired) electrons. The molecule has 1 amide bonds. The van der Waals surface area contributed by atoms with Crippen molar-refractivity contribution in [2.45, 2.75) is 86.5 Å². The molecule has 0 spiro atoms. The summed E-state index contributed by atoms with van der Waals surface area (Å²) in [5.41, 5.74) is 9.11. The van der Waals surface area contributed by atoms with E-state index in [2.05, 4.69) is 56.1 Å². The van der Waals surface area contributed by atoms with E-state index in [1.165, 1.54) is 42.9 Å². The minimum Gasteiger partial charge on any atom is -0.271 e. The maximum atomic E-state index is 13.4. The number of carbonyl (C=O) groups is 1. The van der Waals surface area contributed by atoms with Crippen molar-refractivity contribution < 1.29 is 9.18 Å². The third kappa shape index (κ3) is 8.91. The zero-order valence-electron chi connectivity index (χ0n) is 25.2. The Morgan fingerprint density at radius 1 is 0.925 bits per heavy atom. The summed E-state index contributed by atoms with van der Waals surface area (Å²) < 4.78 is 12.8. The number of allylic oxidation sites excluding steroid dienone is 3. The largest absolute Gasteiger partial charge is 0.271 e. The second-order valence-electron chi connectivity index (χ2n) is 11.2. The number of aryl methyl sites for hydroxylation is 3. The van der Waals surface area contributed by atoms with Crippen molar-refractivity contribution in [3.8, 4) is 0 Å². The first-order valence-electron chi connectivity index (χ1n) is 14.7. The van der Waals surface area contributed by atoms with E-state index in [1.54, 1.807) is 6.08 Å². The molecule has 40 heavy (non-hydrogen) atoms. The van der Waals surface area contributed by atoms with E-state index in [0.717, 1.165) is 78.2 Å². The highest BCUT2D eigenvalue weighted by Crippen LogP contribution is 2.32. The topological polar surface area (TPSA) is 23.6 Å². The quantitative estimate of drug-likeness (QED) is 0.312. The molecule has 4 rings (SSSR count). The monoisotopic (exact) mass is 564 g/mol. The Morgan fingerprint density at radius 3 is 2.20 bits per heavy atom. The van der Waals surface area contributed by atoms with Gasteiger partial charge in [-0.25, -0.2) is 9.40 Å². The Labute approximate surface area is 246 Å². The van der Waals surface area contributed by atoms with Crippen molar-refractivity contribution in [2.75, 3.05) is 19.6 Å². The summed E-state index contributed by atoms with van der Waals surface area (Å²) in [5.74, 6) is 0.0580. The van der Waals surface area contributed by atoms with Crippen LogP contribution in [0.2, 0.25) is 5.02 Å². The average Bonchev–Trinajstić information content (AvgIpc) is 2.94. The van der Waals surface area contributed by atoms with Crippen LogP contribution in [0, 0.1) is 13.8 Å². The Hall–Kier alpha value is -2.69. The number of hydrogen-bond acceptors (Lipinski definition) is 2. The van der Waals surface area contributed by atoms with Gasteiger partial charge in [0.2, 0.25) is 0 Å². The number of rotatable bonds is 7. The molecular formula is C35H46ClFN2O. The molecule has 0 atom stereocenters. The predicted octanol–water partition coefficient (Wildman–Crippen LogP) is 9.58. The molecular weight excluding hydrogens is 519 g/mol. The minimum atomic E-state index is -0.104. The first-order valence-corrected chi connectivity index (χ1v) is 15.0. The molecule has 1 fully saturated rings. The molecule has 1 saturated heterocycles. The third-order valence-electron chi connectivity index (χ3n) is 7.99. The van der Waals surface area contributed by atoms with Crippen molar-refractivity contribution in [1.29, 1.82) is 0 Å². The SMILES string of the molecule is CC1=C(/C(C)=C(\C)c2ccc(CCC/C=C(\C)F)cc2)C(=O)N(N2CCCCC2)CC1.Cc1ccc(C)c(Cl)c1. The highest BCUT2D eigenvalue weighted by molar-refractivity contribution is 6.31. The summed E-state index contributed by atoms with van der Waals surface area (Å²) in [4.78, 5) is 13.4. The van der Waals surface area contributed by atoms with Gasteiger partial charge in [0, 0.05) is 30.2 Å². The van der Waals surface area contributed by atoms with Gasteiger partial charge in [-0.15, -0.1) is 0 Å². The maximum Gasteiger partial charge on any atom is 0.268 e. The zero-order valence-corrected chi connectivity index (χ0v) is 26.0. The summed E-state index contributed by atoms with van der Waals surface area (Å²) in [6.45, 7) is 14.6. The molecule has 2 aliphatic heterocycles. The number of unbranched alkanes of at least 4 members (excludes halogenated alkanes) is 1. The van der Waals surface area contributed by atoms with Gasteiger partial charge in [-0.3, -0.25) is 9.80 Å². The fourth-order valence-electron chi connectivity index (χ4n) is 5.31. The summed E-state index contributed by atoms with van der Waals surface area (Å²) in [6.07, 6.45) is 8.85. The Morgan fingerprint density at radius 2 is 1.60 bits per heavy atom. The number of carbonyl (C=O) groups excluding carboxylic acids is 1. The normalized spacial score (nSPS) is 17.4. The number of benzene rings is 2. The number of nitrogens with zero attached hydrogens (tertiary/aromatic N) is 2. The highest BCUT2D eigenvalue weighted by Gasteiger charge is 2.31. The predicted molar refractivity (Wildman–Crippen MR) is 168 cm³/mol. The molecule has 5 heteroatoms. The third-order valence-corrected chi connectivity index (χ3v) is 8.40. The van der Waals surface area contributed by atoms with Gasteiger partial charge in [-0.2, -0.15) is 0 Å². The van der Waals surface area contributed by atoms with Gasteiger partial charge in [0.1, 0.15) is 0 Å². The Kier molecular flexibility index (Phi) is 12.2. The number of hydrazine groups is 1. The molecule has 0 aliphatic carbocycles. The van der Waals surface area contributed by atoms with Crippen molar-refractivity contribution in [3.05, 3.63) is 98.4 Å². The van der Waals surface area contributed by atoms with Gasteiger partial charge in [-0.1, -0.05) is 66.1 Å². The van der Waals surface area contributed by atoms with Crippen molar-refractivity contribution in [3.63, 3.8) is 0 Å². The molecule has 0 N–H and O–H groups in total. The van der Waals surface area contributed by atoms with E-state index in [0.29, 0.717) is 0 Å². The summed E-state index contributed by atoms with van der Waals surface area (Å²) in [7, 11) is 0. The lowest BCUT2D eigenvalue weighted by molar-refractivity contribution is -0.147. The van der Waals surface area contributed by atoms with E-state index >= 15 is 0 Å². The zero-order chi connectivity index (χ0) is 29.2.